The number of carboxylic acid groups (broad SMARTS) is 1. The van der Waals surface area contributed by atoms with Crippen LogP contribution in [-0.4, -0.2) is 59.6 Å². The molecule has 5 N–H and O–H groups in total. The molecule has 1 saturated heterocycles. The SMILES string of the molecule is CO[C@H]1CO[C@@H](Oc2cccc(CCCCCCCCC(=O)O)c2N)[C@@H](O)[C@H]1O. The molecule has 1 aromatic rings. The average molecular weight is 411 g/mol. The quantitative estimate of drug-likeness (QED) is 0.304. The summed E-state index contributed by atoms with van der Waals surface area (Å²) < 4.78 is 16.3. The minimum absolute atomic E-state index is 0.117. The number of aryl methyl sites for hydroxylation is 1. The minimum atomic E-state index is -1.24. The summed E-state index contributed by atoms with van der Waals surface area (Å²) in [7, 11) is 1.45. The van der Waals surface area contributed by atoms with Crippen LogP contribution in [-0.2, 0) is 20.7 Å². The fraction of sp³-hybridized carbons (Fsp3) is 0.667. The highest BCUT2D eigenvalue weighted by molar-refractivity contribution is 5.66. The minimum Gasteiger partial charge on any atom is -0.481 e. The average Bonchev–Trinajstić information content (AvgIpc) is 2.70. The lowest BCUT2D eigenvalue weighted by Crippen LogP contribution is -2.55. The highest BCUT2D eigenvalue weighted by Gasteiger charge is 2.40. The number of methoxy groups -OCH3 is 1. The molecule has 1 fully saturated rings. The van der Waals surface area contributed by atoms with Gasteiger partial charge in [0.1, 0.15) is 24.1 Å². The summed E-state index contributed by atoms with van der Waals surface area (Å²) in [6, 6.07) is 5.51. The van der Waals surface area contributed by atoms with Crippen molar-refractivity contribution in [2.24, 2.45) is 0 Å². The van der Waals surface area contributed by atoms with Gasteiger partial charge in [0, 0.05) is 13.5 Å². The number of ether oxygens (including phenoxy) is 3. The first-order valence-corrected chi connectivity index (χ1v) is 10.2. The number of benzene rings is 1. The smallest absolute Gasteiger partial charge is 0.303 e. The second-order valence-electron chi connectivity index (χ2n) is 7.42. The standard InChI is InChI=1S/C21H33NO7/c1-27-16-13-28-21(20(26)19(16)25)29-15-11-8-10-14(18(15)22)9-6-4-2-3-5-7-12-17(23)24/h8,10-11,16,19-21,25-26H,2-7,9,12-13,22H2,1H3,(H,23,24)/t16-,19-,20-,21-/m0/s1. The number of nitrogens with two attached hydrogens (primary N) is 1. The van der Waals surface area contributed by atoms with Crippen LogP contribution >= 0.6 is 0 Å². The molecule has 0 spiro atoms. The van der Waals surface area contributed by atoms with Gasteiger partial charge in [-0.15, -0.1) is 0 Å². The summed E-state index contributed by atoms with van der Waals surface area (Å²) >= 11 is 0. The topological polar surface area (TPSA) is 131 Å². The van der Waals surface area contributed by atoms with E-state index in [1.807, 2.05) is 12.1 Å². The summed E-state index contributed by atoms with van der Waals surface area (Å²) in [5, 5.41) is 28.9. The van der Waals surface area contributed by atoms with E-state index in [1.54, 1.807) is 6.07 Å². The molecule has 1 aliphatic heterocycles. The predicted molar refractivity (Wildman–Crippen MR) is 108 cm³/mol. The molecule has 2 rings (SSSR count). The number of nitrogen functional groups attached to an aromatic ring is 1. The summed E-state index contributed by atoms with van der Waals surface area (Å²) in [6.07, 6.45) is 2.90. The highest BCUT2D eigenvalue weighted by atomic mass is 16.7. The number of hydrogen-bond donors (Lipinski definition) is 4. The van der Waals surface area contributed by atoms with Gasteiger partial charge in [-0.2, -0.15) is 0 Å². The molecule has 1 aromatic carbocycles. The van der Waals surface area contributed by atoms with E-state index in [2.05, 4.69) is 0 Å². The number of para-hydroxylation sites is 1. The van der Waals surface area contributed by atoms with Gasteiger partial charge in [-0.3, -0.25) is 4.79 Å². The molecule has 0 bridgehead atoms. The van der Waals surface area contributed by atoms with Crippen molar-refractivity contribution in [1.29, 1.82) is 0 Å². The van der Waals surface area contributed by atoms with Crippen LogP contribution in [0.2, 0.25) is 0 Å². The first kappa shape index (κ1) is 23.4. The first-order valence-electron chi connectivity index (χ1n) is 10.2. The van der Waals surface area contributed by atoms with Crippen molar-refractivity contribution in [3.05, 3.63) is 23.8 Å². The Morgan fingerprint density at radius 1 is 1.14 bits per heavy atom. The summed E-state index contributed by atoms with van der Waals surface area (Å²) in [4.78, 5) is 10.5. The van der Waals surface area contributed by atoms with Crippen molar-refractivity contribution in [3.63, 3.8) is 0 Å². The van der Waals surface area contributed by atoms with E-state index >= 15 is 0 Å². The van der Waals surface area contributed by atoms with Crippen LogP contribution in [0.25, 0.3) is 0 Å². The molecule has 0 aliphatic carbocycles. The molecule has 0 radical (unpaired) electrons. The lowest BCUT2D eigenvalue weighted by molar-refractivity contribution is -0.246. The first-order chi connectivity index (χ1) is 13.9. The molecule has 8 nitrogen and oxygen atoms in total. The van der Waals surface area contributed by atoms with E-state index in [0.29, 0.717) is 11.4 Å². The van der Waals surface area contributed by atoms with Crippen LogP contribution in [0.4, 0.5) is 5.69 Å². The number of aliphatic hydroxyl groups excluding tert-OH is 2. The third-order valence-electron chi connectivity index (χ3n) is 5.22. The number of unbranched alkanes of at least 4 members (excludes halogenated alkanes) is 5. The van der Waals surface area contributed by atoms with Gasteiger partial charge in [-0.1, -0.05) is 37.8 Å². The van der Waals surface area contributed by atoms with Gasteiger partial charge in [0.2, 0.25) is 6.29 Å². The van der Waals surface area contributed by atoms with Gasteiger partial charge >= 0.3 is 5.97 Å². The Kier molecular flexibility index (Phi) is 9.66. The van der Waals surface area contributed by atoms with E-state index in [-0.39, 0.29) is 13.0 Å². The largest absolute Gasteiger partial charge is 0.481 e. The number of anilines is 1. The van der Waals surface area contributed by atoms with Crippen molar-refractivity contribution >= 4 is 11.7 Å². The molecular formula is C21H33NO7. The van der Waals surface area contributed by atoms with E-state index in [9.17, 15) is 15.0 Å². The normalized spacial score (nSPS) is 24.4. The van der Waals surface area contributed by atoms with Gasteiger partial charge in [-0.25, -0.2) is 0 Å². The third kappa shape index (κ3) is 7.15. The zero-order valence-corrected chi connectivity index (χ0v) is 17.0. The Morgan fingerprint density at radius 3 is 2.52 bits per heavy atom. The molecular weight excluding hydrogens is 378 g/mol. The van der Waals surface area contributed by atoms with Crippen molar-refractivity contribution < 1.29 is 34.3 Å². The number of aliphatic carboxylic acids is 1. The molecule has 1 aliphatic rings. The van der Waals surface area contributed by atoms with Crippen molar-refractivity contribution in [2.45, 2.75) is 76.0 Å². The number of carboxylic acids is 1. The Balaban J connectivity index is 1.78. The van der Waals surface area contributed by atoms with E-state index < -0.39 is 30.6 Å². The Hall–Kier alpha value is -1.87. The zero-order valence-electron chi connectivity index (χ0n) is 17.0. The van der Waals surface area contributed by atoms with Gasteiger partial charge in [0.25, 0.3) is 0 Å². The number of rotatable bonds is 12. The van der Waals surface area contributed by atoms with Crippen LogP contribution in [0, 0.1) is 0 Å². The Labute approximate surface area is 171 Å². The zero-order chi connectivity index (χ0) is 21.2. The predicted octanol–water partition coefficient (Wildman–Crippen LogP) is 2.10. The fourth-order valence-corrected chi connectivity index (χ4v) is 3.41. The van der Waals surface area contributed by atoms with Crippen molar-refractivity contribution in [2.75, 3.05) is 19.5 Å². The maximum atomic E-state index is 10.5. The monoisotopic (exact) mass is 411 g/mol. The van der Waals surface area contributed by atoms with Gasteiger partial charge < -0.3 is 35.3 Å². The maximum Gasteiger partial charge on any atom is 0.303 e. The molecule has 0 unspecified atom stereocenters. The number of aliphatic hydroxyl groups is 2. The summed E-state index contributed by atoms with van der Waals surface area (Å²) in [6.45, 7) is 0.117. The molecule has 1 heterocycles. The molecule has 29 heavy (non-hydrogen) atoms. The van der Waals surface area contributed by atoms with Crippen LogP contribution < -0.4 is 10.5 Å². The molecule has 164 valence electrons. The number of carbonyl (C=O) groups is 1. The van der Waals surface area contributed by atoms with Crippen LogP contribution in [0.15, 0.2) is 18.2 Å². The van der Waals surface area contributed by atoms with Crippen molar-refractivity contribution in [1.82, 2.24) is 0 Å². The Morgan fingerprint density at radius 2 is 1.83 bits per heavy atom. The fourth-order valence-electron chi connectivity index (χ4n) is 3.41. The van der Waals surface area contributed by atoms with Crippen LogP contribution in [0.5, 0.6) is 5.75 Å². The third-order valence-corrected chi connectivity index (χ3v) is 5.22. The van der Waals surface area contributed by atoms with E-state index in [0.717, 1.165) is 50.5 Å². The molecule has 4 atom stereocenters. The van der Waals surface area contributed by atoms with Crippen molar-refractivity contribution in [3.8, 4) is 5.75 Å². The van der Waals surface area contributed by atoms with E-state index in [4.69, 9.17) is 25.1 Å². The Bertz CT molecular complexity index is 639. The summed E-state index contributed by atoms with van der Waals surface area (Å²) in [5.74, 6) is -0.315. The second kappa shape index (κ2) is 12.0. The van der Waals surface area contributed by atoms with Crippen LogP contribution in [0.3, 0.4) is 0 Å². The molecule has 8 heteroatoms. The summed E-state index contributed by atoms with van der Waals surface area (Å²) in [5.41, 5.74) is 7.71. The molecule has 0 saturated carbocycles. The maximum absolute atomic E-state index is 10.5. The number of hydrogen-bond acceptors (Lipinski definition) is 7. The second-order valence-corrected chi connectivity index (χ2v) is 7.42. The molecule has 0 aromatic heterocycles. The lowest BCUT2D eigenvalue weighted by atomic mass is 10.0. The molecule has 0 amide bonds. The van der Waals surface area contributed by atoms with Crippen LogP contribution in [0.1, 0.15) is 50.5 Å². The van der Waals surface area contributed by atoms with Gasteiger partial charge in [0.15, 0.2) is 0 Å². The van der Waals surface area contributed by atoms with E-state index in [1.165, 1.54) is 7.11 Å². The lowest BCUT2D eigenvalue weighted by Gasteiger charge is -2.36. The van der Waals surface area contributed by atoms with Gasteiger partial charge in [0.05, 0.1) is 12.3 Å². The highest BCUT2D eigenvalue weighted by Crippen LogP contribution is 2.30. The van der Waals surface area contributed by atoms with Gasteiger partial charge in [-0.05, 0) is 30.9 Å².